The maximum absolute atomic E-state index is 12.8. The lowest BCUT2D eigenvalue weighted by Crippen LogP contribution is -2.29. The highest BCUT2D eigenvalue weighted by molar-refractivity contribution is 9.10. The molecule has 0 saturated carbocycles. The van der Waals surface area contributed by atoms with Gasteiger partial charge >= 0.3 is 0 Å². The molecule has 0 radical (unpaired) electrons. The van der Waals surface area contributed by atoms with Crippen LogP contribution in [0.15, 0.2) is 53.0 Å². The van der Waals surface area contributed by atoms with E-state index in [9.17, 15) is 9.18 Å². The summed E-state index contributed by atoms with van der Waals surface area (Å²) in [5.41, 5.74) is 1.71. The van der Waals surface area contributed by atoms with Crippen LogP contribution < -0.4 is 5.32 Å². The van der Waals surface area contributed by atoms with Crippen molar-refractivity contribution in [1.29, 1.82) is 0 Å². The second-order valence-electron chi connectivity index (χ2n) is 4.83. The van der Waals surface area contributed by atoms with E-state index in [1.165, 1.54) is 12.1 Å². The molecule has 0 aromatic heterocycles. The van der Waals surface area contributed by atoms with Gasteiger partial charge in [0.2, 0.25) is 5.91 Å². The number of para-hydroxylation sites is 1. The number of hydrogen-bond acceptors (Lipinski definition) is 2. The molecule has 0 fully saturated rings. The van der Waals surface area contributed by atoms with Gasteiger partial charge in [-0.2, -0.15) is 0 Å². The molecule has 0 aliphatic carbocycles. The van der Waals surface area contributed by atoms with Crippen molar-refractivity contribution >= 4 is 27.5 Å². The number of amides is 1. The summed E-state index contributed by atoms with van der Waals surface area (Å²) < 4.78 is 13.7. The van der Waals surface area contributed by atoms with Gasteiger partial charge in [-0.3, -0.25) is 9.69 Å². The molecule has 1 N–H and O–H groups in total. The van der Waals surface area contributed by atoms with E-state index in [1.54, 1.807) is 12.1 Å². The lowest BCUT2D eigenvalue weighted by Gasteiger charge is -2.16. The second-order valence-corrected chi connectivity index (χ2v) is 5.68. The third-order valence-corrected chi connectivity index (χ3v) is 3.62. The summed E-state index contributed by atoms with van der Waals surface area (Å²) in [6, 6.07) is 13.7. The van der Waals surface area contributed by atoms with Crippen LogP contribution in [0.1, 0.15) is 5.56 Å². The fourth-order valence-corrected chi connectivity index (χ4v) is 2.34. The van der Waals surface area contributed by atoms with Gasteiger partial charge in [-0.15, -0.1) is 0 Å². The van der Waals surface area contributed by atoms with E-state index in [0.717, 1.165) is 15.7 Å². The zero-order valence-electron chi connectivity index (χ0n) is 11.6. The van der Waals surface area contributed by atoms with Crippen LogP contribution in [0.2, 0.25) is 0 Å². The van der Waals surface area contributed by atoms with Crippen molar-refractivity contribution in [3.8, 4) is 0 Å². The van der Waals surface area contributed by atoms with Crippen LogP contribution >= 0.6 is 15.9 Å². The van der Waals surface area contributed by atoms with Crippen molar-refractivity contribution < 1.29 is 9.18 Å². The maximum atomic E-state index is 12.8. The third-order valence-electron chi connectivity index (χ3n) is 2.93. The Morgan fingerprint density at radius 3 is 2.52 bits per heavy atom. The molecule has 2 rings (SSSR count). The molecule has 2 aromatic rings. The van der Waals surface area contributed by atoms with Crippen LogP contribution in [-0.4, -0.2) is 24.4 Å². The van der Waals surface area contributed by atoms with E-state index in [0.29, 0.717) is 6.54 Å². The lowest BCUT2D eigenvalue weighted by molar-refractivity contribution is -0.117. The predicted molar refractivity (Wildman–Crippen MR) is 85.5 cm³/mol. The van der Waals surface area contributed by atoms with Gasteiger partial charge in [-0.05, 0) is 52.8 Å². The Kier molecular flexibility index (Phi) is 5.47. The number of likely N-dealkylation sites (N-methyl/N-ethyl adjacent to an activating group) is 1. The summed E-state index contributed by atoms with van der Waals surface area (Å²) in [5, 5.41) is 2.85. The van der Waals surface area contributed by atoms with Gasteiger partial charge in [0, 0.05) is 11.0 Å². The highest BCUT2D eigenvalue weighted by Crippen LogP contribution is 2.21. The van der Waals surface area contributed by atoms with E-state index in [4.69, 9.17) is 0 Å². The Hall–Kier alpha value is -1.72. The topological polar surface area (TPSA) is 32.3 Å². The fraction of sp³-hybridized carbons (Fsp3) is 0.188. The SMILES string of the molecule is CN(CC(=O)Nc1ccccc1Br)Cc1ccc(F)cc1. The van der Waals surface area contributed by atoms with Crippen LogP contribution in [0.5, 0.6) is 0 Å². The summed E-state index contributed by atoms with van der Waals surface area (Å²) in [5.74, 6) is -0.348. The highest BCUT2D eigenvalue weighted by Gasteiger charge is 2.09. The van der Waals surface area contributed by atoms with E-state index < -0.39 is 0 Å². The molecule has 5 heteroatoms. The first-order chi connectivity index (χ1) is 10.0. The van der Waals surface area contributed by atoms with Gasteiger partial charge in [-0.1, -0.05) is 24.3 Å². The molecule has 0 aliphatic heterocycles. The van der Waals surface area contributed by atoms with Crippen molar-refractivity contribution in [3.05, 3.63) is 64.4 Å². The fourth-order valence-electron chi connectivity index (χ4n) is 1.95. The molecule has 1 amide bonds. The average molecular weight is 351 g/mol. The predicted octanol–water partition coefficient (Wildman–Crippen LogP) is 3.66. The van der Waals surface area contributed by atoms with E-state index >= 15 is 0 Å². The van der Waals surface area contributed by atoms with Crippen molar-refractivity contribution in [2.45, 2.75) is 6.54 Å². The molecule has 0 aliphatic rings. The van der Waals surface area contributed by atoms with Crippen molar-refractivity contribution in [1.82, 2.24) is 4.90 Å². The van der Waals surface area contributed by atoms with Crippen LogP contribution in [0, 0.1) is 5.82 Å². The van der Waals surface area contributed by atoms with Gasteiger partial charge < -0.3 is 5.32 Å². The summed E-state index contributed by atoms with van der Waals surface area (Å²) >= 11 is 3.39. The van der Waals surface area contributed by atoms with E-state index in [1.807, 2.05) is 36.2 Å². The molecule has 0 heterocycles. The van der Waals surface area contributed by atoms with Gasteiger partial charge in [0.05, 0.1) is 12.2 Å². The lowest BCUT2D eigenvalue weighted by atomic mass is 10.2. The average Bonchev–Trinajstić information content (AvgIpc) is 2.44. The molecule has 0 bridgehead atoms. The van der Waals surface area contributed by atoms with Crippen molar-refractivity contribution in [2.24, 2.45) is 0 Å². The molecule has 2 aromatic carbocycles. The number of halogens is 2. The van der Waals surface area contributed by atoms with E-state index in [2.05, 4.69) is 21.2 Å². The quantitative estimate of drug-likeness (QED) is 0.892. The van der Waals surface area contributed by atoms with Crippen LogP contribution in [0.4, 0.5) is 10.1 Å². The Balaban J connectivity index is 1.87. The number of anilines is 1. The Labute approximate surface area is 131 Å². The number of nitrogens with one attached hydrogen (secondary N) is 1. The van der Waals surface area contributed by atoms with Gasteiger partial charge in [0.1, 0.15) is 5.82 Å². The third kappa shape index (κ3) is 4.95. The normalized spacial score (nSPS) is 10.7. The van der Waals surface area contributed by atoms with Gasteiger partial charge in [0.25, 0.3) is 0 Å². The maximum Gasteiger partial charge on any atom is 0.238 e. The molecule has 0 spiro atoms. The number of hydrogen-bond donors (Lipinski definition) is 1. The molecule has 0 saturated heterocycles. The number of benzene rings is 2. The molecule has 0 atom stereocenters. The Morgan fingerprint density at radius 1 is 1.19 bits per heavy atom. The summed E-state index contributed by atoms with van der Waals surface area (Å²) in [6.45, 7) is 0.850. The molecule has 3 nitrogen and oxygen atoms in total. The zero-order valence-corrected chi connectivity index (χ0v) is 13.2. The molecular formula is C16H16BrFN2O. The number of rotatable bonds is 5. The van der Waals surface area contributed by atoms with Gasteiger partial charge in [-0.25, -0.2) is 4.39 Å². The smallest absolute Gasteiger partial charge is 0.238 e. The van der Waals surface area contributed by atoms with Crippen LogP contribution in [-0.2, 0) is 11.3 Å². The van der Waals surface area contributed by atoms with Crippen LogP contribution in [0.3, 0.4) is 0 Å². The zero-order chi connectivity index (χ0) is 15.2. The minimum atomic E-state index is -0.256. The summed E-state index contributed by atoms with van der Waals surface area (Å²) in [6.07, 6.45) is 0. The standard InChI is InChI=1S/C16H16BrFN2O/c1-20(10-12-6-8-13(18)9-7-12)11-16(21)19-15-5-3-2-4-14(15)17/h2-9H,10-11H2,1H3,(H,19,21). The summed E-state index contributed by atoms with van der Waals surface area (Å²) in [4.78, 5) is 13.9. The molecule has 0 unspecified atom stereocenters. The minimum absolute atomic E-state index is 0.0912. The van der Waals surface area contributed by atoms with Crippen molar-refractivity contribution in [3.63, 3.8) is 0 Å². The first-order valence-electron chi connectivity index (χ1n) is 6.52. The number of carbonyl (C=O) groups is 1. The monoisotopic (exact) mass is 350 g/mol. The largest absolute Gasteiger partial charge is 0.324 e. The van der Waals surface area contributed by atoms with Crippen molar-refractivity contribution in [2.75, 3.05) is 18.9 Å². The Morgan fingerprint density at radius 2 is 1.86 bits per heavy atom. The summed E-state index contributed by atoms with van der Waals surface area (Å²) in [7, 11) is 1.85. The van der Waals surface area contributed by atoms with E-state index in [-0.39, 0.29) is 18.3 Å². The molecule has 110 valence electrons. The van der Waals surface area contributed by atoms with Crippen LogP contribution in [0.25, 0.3) is 0 Å². The first kappa shape index (κ1) is 15.7. The second kappa shape index (κ2) is 7.33. The number of carbonyl (C=O) groups excluding carboxylic acids is 1. The minimum Gasteiger partial charge on any atom is -0.324 e. The Bertz CT molecular complexity index is 616. The molecule has 21 heavy (non-hydrogen) atoms. The first-order valence-corrected chi connectivity index (χ1v) is 7.31. The van der Waals surface area contributed by atoms with Gasteiger partial charge in [0.15, 0.2) is 0 Å². The number of nitrogens with zero attached hydrogens (tertiary/aromatic N) is 1. The highest BCUT2D eigenvalue weighted by atomic mass is 79.9. The molecular weight excluding hydrogens is 335 g/mol.